The maximum atomic E-state index is 15.0. The highest BCUT2D eigenvalue weighted by atomic mass is 31.2. The molecular weight excluding hydrogens is 899 g/mol. The number of ether oxygens (including phenoxy) is 4. The molecule has 22 heteroatoms. The molecule has 0 amide bonds. The van der Waals surface area contributed by atoms with E-state index < -0.39 is 109 Å². The average Bonchev–Trinajstić information content (AvgIpc) is 3.19. The van der Waals surface area contributed by atoms with Gasteiger partial charge in [-0.15, -0.1) is 0 Å². The highest BCUT2D eigenvalue weighted by Crippen LogP contribution is 2.42. The Balaban J connectivity index is 1.81. The summed E-state index contributed by atoms with van der Waals surface area (Å²) in [4.78, 5) is 44.3. The summed E-state index contributed by atoms with van der Waals surface area (Å²) in [5.74, 6) is -2.73. The van der Waals surface area contributed by atoms with Gasteiger partial charge in [0.1, 0.15) is 23.2 Å². The van der Waals surface area contributed by atoms with Gasteiger partial charge in [0.15, 0.2) is 5.75 Å². The van der Waals surface area contributed by atoms with Crippen LogP contribution in [0.3, 0.4) is 0 Å². The van der Waals surface area contributed by atoms with Crippen molar-refractivity contribution < 1.29 is 91.3 Å². The lowest BCUT2D eigenvalue weighted by molar-refractivity contribution is -0.143. The second-order valence-corrected chi connectivity index (χ2v) is 15.9. The number of methoxy groups -OCH3 is 2. The Labute approximate surface area is 359 Å². The van der Waals surface area contributed by atoms with Gasteiger partial charge in [-0.3, -0.25) is 4.52 Å². The van der Waals surface area contributed by atoms with Crippen LogP contribution in [0.2, 0.25) is 0 Å². The van der Waals surface area contributed by atoms with Crippen molar-refractivity contribution in [1.29, 1.82) is 0 Å². The van der Waals surface area contributed by atoms with Crippen LogP contribution >= 0.6 is 7.82 Å². The fraction of sp³-hybridized carbons (Fsp3) is 0.381. The van der Waals surface area contributed by atoms with Crippen LogP contribution < -0.4 is 14.8 Å². The molecule has 4 aromatic rings. The monoisotopic (exact) mass is 941 g/mol. The molecule has 0 radical (unpaired) electrons. The lowest BCUT2D eigenvalue weighted by Gasteiger charge is -2.27. The molecule has 4 rings (SSSR count). The van der Waals surface area contributed by atoms with Gasteiger partial charge >= 0.3 is 38.5 Å². The van der Waals surface area contributed by atoms with Crippen molar-refractivity contribution >= 4 is 19.9 Å². The molecule has 0 saturated carbocycles. The molecule has 0 aliphatic heterocycles. The number of nitrogens with one attached hydrogen (secondary N) is 1. The van der Waals surface area contributed by atoms with Crippen molar-refractivity contribution in [3.63, 3.8) is 0 Å². The summed E-state index contributed by atoms with van der Waals surface area (Å²) < 4.78 is 178. The molecule has 0 aliphatic carbocycles. The Bertz CT molecular complexity index is 2350. The number of halogens is 10. The van der Waals surface area contributed by atoms with E-state index >= 15 is 0 Å². The zero-order valence-corrected chi connectivity index (χ0v) is 35.6. The molecule has 2 atom stereocenters. The Morgan fingerprint density at radius 1 is 0.797 bits per heavy atom. The van der Waals surface area contributed by atoms with E-state index in [1.54, 1.807) is 13.8 Å². The van der Waals surface area contributed by atoms with E-state index in [-0.39, 0.29) is 64.6 Å². The molecule has 0 spiro atoms. The second-order valence-electron chi connectivity index (χ2n) is 14.7. The summed E-state index contributed by atoms with van der Waals surface area (Å²) in [6.45, 7) is 4.84. The summed E-state index contributed by atoms with van der Waals surface area (Å²) in [5, 5.41) is 2.74. The average molecular weight is 942 g/mol. The molecule has 0 fully saturated rings. The Morgan fingerprint density at radius 2 is 1.41 bits per heavy atom. The van der Waals surface area contributed by atoms with Crippen LogP contribution in [0.4, 0.5) is 48.7 Å². The van der Waals surface area contributed by atoms with Gasteiger partial charge in [-0.05, 0) is 108 Å². The zero-order chi connectivity index (χ0) is 48.1. The minimum absolute atomic E-state index is 0.0370. The second kappa shape index (κ2) is 20.3. The number of rotatable bonds is 16. The summed E-state index contributed by atoms with van der Waals surface area (Å²) in [6.07, 6.45) is -19.4. The number of benzene rings is 4. The maximum absolute atomic E-state index is 15.0. The van der Waals surface area contributed by atoms with Crippen LogP contribution in [0.25, 0.3) is 11.1 Å². The standard InChI is InChI=1S/C42H42F10NO10P/c1-21(2)31-18-32(35(59-5)19-34(31)43)30-10-9-27(40(44,45)46)16-26(30)20-53-23(4)37(25-14-28(41(47,48)49)17-29(15-25)42(50,51)52)63-39(55)62-36-22(3)12-24(13-33(36)38(54)60-6)8-7-11-61-64(56,57)58/h9-10,12-19,21,23,37,53H,7-8,11,20H2,1-6H3,(H2,56,57,58)/t23-,37-/m0/s1. The van der Waals surface area contributed by atoms with Crippen molar-refractivity contribution in [2.45, 2.75) is 83.7 Å². The van der Waals surface area contributed by atoms with Gasteiger partial charge < -0.3 is 34.1 Å². The molecule has 0 saturated heterocycles. The van der Waals surface area contributed by atoms with Gasteiger partial charge in [0.25, 0.3) is 0 Å². The Hall–Kier alpha value is -5.21. The van der Waals surface area contributed by atoms with Crippen molar-refractivity contribution in [3.05, 3.63) is 117 Å². The number of alkyl halides is 9. The summed E-state index contributed by atoms with van der Waals surface area (Å²) in [5.41, 5.74) is -5.33. The van der Waals surface area contributed by atoms with Crippen LogP contribution in [0.1, 0.15) is 94.1 Å². The topological polar surface area (TPSA) is 150 Å². The fourth-order valence-electron chi connectivity index (χ4n) is 6.61. The third-order valence-corrected chi connectivity index (χ3v) is 10.2. The third-order valence-electron chi connectivity index (χ3n) is 9.69. The molecule has 0 heterocycles. The molecule has 64 heavy (non-hydrogen) atoms. The summed E-state index contributed by atoms with van der Waals surface area (Å²) in [6, 6.07) is 6.43. The van der Waals surface area contributed by atoms with E-state index in [0.29, 0.717) is 5.56 Å². The van der Waals surface area contributed by atoms with Crippen molar-refractivity contribution in [3.8, 4) is 22.6 Å². The molecule has 0 unspecified atom stereocenters. The van der Waals surface area contributed by atoms with E-state index in [2.05, 4.69) is 9.84 Å². The SMILES string of the molecule is COC(=O)c1cc(CCCOP(=O)(O)O)cc(C)c1OC(=O)O[C@H](c1cc(C(F)(F)F)cc(C(F)(F)F)c1)[C@H](C)NCc1cc(C(F)(F)F)ccc1-c1cc(C(C)C)c(F)cc1OC. The highest BCUT2D eigenvalue weighted by Gasteiger charge is 2.39. The number of hydrogen-bond acceptors (Lipinski definition) is 9. The first-order valence-corrected chi connectivity index (χ1v) is 20.5. The minimum Gasteiger partial charge on any atom is -0.496 e. The van der Waals surface area contributed by atoms with Gasteiger partial charge in [0, 0.05) is 24.2 Å². The predicted octanol–water partition coefficient (Wildman–Crippen LogP) is 11.3. The highest BCUT2D eigenvalue weighted by molar-refractivity contribution is 7.46. The fourth-order valence-corrected chi connectivity index (χ4v) is 6.98. The van der Waals surface area contributed by atoms with E-state index in [4.69, 9.17) is 28.7 Å². The molecule has 4 aromatic carbocycles. The molecular formula is C42H42F10NO10P. The van der Waals surface area contributed by atoms with Crippen molar-refractivity contribution in [1.82, 2.24) is 5.32 Å². The first-order valence-electron chi connectivity index (χ1n) is 18.9. The van der Waals surface area contributed by atoms with Crippen molar-refractivity contribution in [2.24, 2.45) is 0 Å². The van der Waals surface area contributed by atoms with Crippen LogP contribution in [0, 0.1) is 12.7 Å². The molecule has 11 nitrogen and oxygen atoms in total. The van der Waals surface area contributed by atoms with E-state index in [1.807, 2.05) is 0 Å². The van der Waals surface area contributed by atoms with Crippen molar-refractivity contribution in [2.75, 3.05) is 20.8 Å². The van der Waals surface area contributed by atoms with Gasteiger partial charge in [-0.25, -0.2) is 18.5 Å². The first-order chi connectivity index (χ1) is 29.5. The van der Waals surface area contributed by atoms with E-state index in [0.717, 1.165) is 38.3 Å². The molecule has 0 bridgehead atoms. The zero-order valence-electron chi connectivity index (χ0n) is 34.7. The smallest absolute Gasteiger partial charge is 0.496 e. The quantitative estimate of drug-likeness (QED) is 0.0324. The normalized spacial score (nSPS) is 13.4. The van der Waals surface area contributed by atoms with Crippen LogP contribution in [-0.4, -0.2) is 48.8 Å². The Morgan fingerprint density at radius 3 is 1.94 bits per heavy atom. The molecule has 3 N–H and O–H groups in total. The number of phosphoric acid groups is 1. The third kappa shape index (κ3) is 13.4. The predicted molar refractivity (Wildman–Crippen MR) is 209 cm³/mol. The summed E-state index contributed by atoms with van der Waals surface area (Å²) >= 11 is 0. The minimum atomic E-state index is -5.36. The van der Waals surface area contributed by atoms with E-state index in [9.17, 15) is 58.1 Å². The van der Waals surface area contributed by atoms with Gasteiger partial charge in [0.05, 0.1) is 37.5 Å². The lowest BCUT2D eigenvalue weighted by Crippen LogP contribution is -2.35. The van der Waals surface area contributed by atoms with Crippen LogP contribution in [-0.2, 0) is 50.1 Å². The largest absolute Gasteiger partial charge is 0.514 e. The maximum Gasteiger partial charge on any atom is 0.514 e. The molecule has 0 aromatic heterocycles. The lowest BCUT2D eigenvalue weighted by atomic mass is 9.92. The van der Waals surface area contributed by atoms with Crippen LogP contribution in [0.15, 0.2) is 60.7 Å². The number of aryl methyl sites for hydroxylation is 2. The number of carbonyl (C=O) groups excluding carboxylic acids is 2. The van der Waals surface area contributed by atoms with Crippen LogP contribution in [0.5, 0.6) is 11.5 Å². The van der Waals surface area contributed by atoms with Gasteiger partial charge in [-0.1, -0.05) is 26.0 Å². The first kappa shape index (κ1) is 51.4. The molecule has 350 valence electrons. The number of hydrogen-bond donors (Lipinski definition) is 3. The molecule has 0 aliphatic rings. The van der Waals surface area contributed by atoms with Gasteiger partial charge in [-0.2, -0.15) is 39.5 Å². The summed E-state index contributed by atoms with van der Waals surface area (Å²) in [7, 11) is -2.62. The van der Waals surface area contributed by atoms with E-state index in [1.165, 1.54) is 32.2 Å². The Kier molecular flexibility index (Phi) is 16.3. The number of carbonyl (C=O) groups is 2. The number of phosphoric ester groups is 1. The van der Waals surface area contributed by atoms with Gasteiger partial charge in [0.2, 0.25) is 0 Å². The number of esters is 1.